The van der Waals surface area contributed by atoms with Crippen LogP contribution in [0.15, 0.2) is 37.9 Å². The van der Waals surface area contributed by atoms with Crippen molar-refractivity contribution in [2.75, 3.05) is 13.2 Å². The third-order valence-electron chi connectivity index (χ3n) is 7.58. The molecule has 2 amide bonds. The second kappa shape index (κ2) is 14.8. The molecule has 48 heavy (non-hydrogen) atoms. The number of rotatable bonds is 12. The number of esters is 1. The quantitative estimate of drug-likeness (QED) is 0.235. The van der Waals surface area contributed by atoms with Crippen LogP contribution in [0, 0.1) is 5.92 Å². The summed E-state index contributed by atoms with van der Waals surface area (Å²) in [6.07, 6.45) is -3.37. The molecule has 0 radical (unpaired) electrons. The molecule has 2 fully saturated rings. The van der Waals surface area contributed by atoms with E-state index in [-0.39, 0.29) is 18.6 Å². The van der Waals surface area contributed by atoms with Crippen molar-refractivity contribution in [3.05, 3.63) is 44.7 Å². The molecule has 2 aromatic rings. The molecule has 1 aromatic heterocycles. The van der Waals surface area contributed by atoms with Gasteiger partial charge in [-0.15, -0.1) is 0 Å². The van der Waals surface area contributed by atoms with Crippen LogP contribution < -0.4 is 15.7 Å². The van der Waals surface area contributed by atoms with E-state index in [0.29, 0.717) is 21.9 Å². The van der Waals surface area contributed by atoms with Gasteiger partial charge < -0.3 is 33.4 Å². The number of ether oxygens (including phenoxy) is 5. The molecule has 1 aromatic carbocycles. The zero-order valence-corrected chi connectivity index (χ0v) is 30.1. The lowest BCUT2D eigenvalue weighted by molar-refractivity contribution is -0.190. The monoisotopic (exact) mass is 760 g/mol. The summed E-state index contributed by atoms with van der Waals surface area (Å²) in [6.45, 7) is 11.1. The fraction of sp³-hybridized carbons (Fsp3) is 0.613. The Hall–Kier alpha value is -3.09. The third kappa shape index (κ3) is 9.75. The van der Waals surface area contributed by atoms with Crippen molar-refractivity contribution in [1.29, 1.82) is 0 Å². The maximum atomic E-state index is 13.0. The van der Waals surface area contributed by atoms with Gasteiger partial charge in [-0.2, -0.15) is 8.42 Å². The average molecular weight is 762 g/mol. The number of carbonyl (C=O) groups excluding carboxylic acids is 3. The molecule has 6 unspecified atom stereocenters. The standard InChI is InChI=1S/C31H41BrN2O13S/c1-8-16(2)23(33-29(38)47-30(3,4)5)26(35)34-48(39,40)42-15-22-25-24(45-31(6,7)46-25)20(43-22)11-12-41-27(36)19-13-17-9-10-18(32)14-21(17)44-28(19)37/h9-10,13-14,16,20,22-25H,8,11-12,15H2,1-7H3,(H,33,38)(H,34,35). The van der Waals surface area contributed by atoms with Gasteiger partial charge in [0.05, 0.1) is 19.3 Å². The number of amides is 2. The van der Waals surface area contributed by atoms with Crippen molar-refractivity contribution in [2.24, 2.45) is 5.92 Å². The highest BCUT2D eigenvalue weighted by Gasteiger charge is 2.55. The number of alkyl carbamates (subject to hydrolysis) is 1. The fourth-order valence-electron chi connectivity index (χ4n) is 5.22. The molecular weight excluding hydrogens is 720 g/mol. The number of hydrogen-bond acceptors (Lipinski definition) is 13. The van der Waals surface area contributed by atoms with Gasteiger partial charge in [-0.1, -0.05) is 42.3 Å². The van der Waals surface area contributed by atoms with E-state index in [1.54, 1.807) is 66.7 Å². The summed E-state index contributed by atoms with van der Waals surface area (Å²) >= 11 is 3.30. The molecule has 2 aliphatic rings. The minimum Gasteiger partial charge on any atom is -0.462 e. The lowest BCUT2D eigenvalue weighted by Gasteiger charge is -2.26. The average Bonchev–Trinajstić information content (AvgIpc) is 3.45. The van der Waals surface area contributed by atoms with Crippen molar-refractivity contribution in [2.45, 2.75) is 103 Å². The van der Waals surface area contributed by atoms with E-state index in [4.69, 9.17) is 32.3 Å². The lowest BCUT2D eigenvalue weighted by Crippen LogP contribution is -2.52. The van der Waals surface area contributed by atoms with E-state index in [1.165, 1.54) is 6.07 Å². The van der Waals surface area contributed by atoms with Crippen molar-refractivity contribution in [3.63, 3.8) is 0 Å². The first-order valence-corrected chi connectivity index (χ1v) is 17.6. The van der Waals surface area contributed by atoms with E-state index < -0.39 is 88.3 Å². The van der Waals surface area contributed by atoms with E-state index in [0.717, 1.165) is 0 Å². The van der Waals surface area contributed by atoms with Gasteiger partial charge in [0.2, 0.25) is 0 Å². The Bertz CT molecular complexity index is 1690. The second-order valence-corrected chi connectivity index (χ2v) is 15.3. The van der Waals surface area contributed by atoms with Crippen LogP contribution >= 0.6 is 15.9 Å². The molecule has 3 heterocycles. The predicted molar refractivity (Wildman–Crippen MR) is 173 cm³/mol. The molecule has 4 rings (SSSR count). The second-order valence-electron chi connectivity index (χ2n) is 13.0. The summed E-state index contributed by atoms with van der Waals surface area (Å²) < 4.78 is 67.1. The van der Waals surface area contributed by atoms with E-state index in [1.807, 2.05) is 4.72 Å². The van der Waals surface area contributed by atoms with Crippen molar-refractivity contribution >= 4 is 55.2 Å². The fourth-order valence-corrected chi connectivity index (χ4v) is 6.31. The molecule has 0 bridgehead atoms. The molecule has 2 aliphatic heterocycles. The highest BCUT2D eigenvalue weighted by atomic mass is 79.9. The normalized spacial score (nSPS) is 23.2. The summed E-state index contributed by atoms with van der Waals surface area (Å²) in [5.41, 5.74) is -1.65. The zero-order chi connectivity index (χ0) is 35.6. The highest BCUT2D eigenvalue weighted by Crippen LogP contribution is 2.40. The van der Waals surface area contributed by atoms with Gasteiger partial charge in [0.15, 0.2) is 5.79 Å². The largest absolute Gasteiger partial charge is 0.462 e. The van der Waals surface area contributed by atoms with Crippen LogP contribution in [0.1, 0.15) is 71.7 Å². The predicted octanol–water partition coefficient (Wildman–Crippen LogP) is 3.71. The minimum absolute atomic E-state index is 0.116. The maximum Gasteiger partial charge on any atom is 0.408 e. The summed E-state index contributed by atoms with van der Waals surface area (Å²) in [6, 6.07) is 5.20. The van der Waals surface area contributed by atoms with Gasteiger partial charge in [-0.25, -0.2) is 19.1 Å². The third-order valence-corrected chi connectivity index (χ3v) is 8.97. The summed E-state index contributed by atoms with van der Waals surface area (Å²) in [5.74, 6) is -3.36. The van der Waals surface area contributed by atoms with E-state index >= 15 is 0 Å². The van der Waals surface area contributed by atoms with Crippen LogP contribution in [0.4, 0.5) is 4.79 Å². The Balaban J connectivity index is 1.35. The van der Waals surface area contributed by atoms with Crippen molar-refractivity contribution in [1.82, 2.24) is 10.0 Å². The Kier molecular flexibility index (Phi) is 11.6. The van der Waals surface area contributed by atoms with Crippen LogP contribution in [-0.2, 0) is 43.0 Å². The summed E-state index contributed by atoms with van der Waals surface area (Å²) in [7, 11) is -4.66. The molecular formula is C31H41BrN2O13S. The van der Waals surface area contributed by atoms with Crippen LogP contribution in [0.2, 0.25) is 0 Å². The highest BCUT2D eigenvalue weighted by molar-refractivity contribution is 9.10. The van der Waals surface area contributed by atoms with Gasteiger partial charge in [0.25, 0.3) is 5.91 Å². The first kappa shape index (κ1) is 37.7. The molecule has 6 atom stereocenters. The number of nitrogens with one attached hydrogen (secondary N) is 2. The lowest BCUT2D eigenvalue weighted by atomic mass is 9.99. The van der Waals surface area contributed by atoms with Crippen LogP contribution in [0.3, 0.4) is 0 Å². The molecule has 266 valence electrons. The van der Waals surface area contributed by atoms with Gasteiger partial charge >= 0.3 is 28.0 Å². The number of benzene rings is 1. The molecule has 2 saturated heterocycles. The van der Waals surface area contributed by atoms with Crippen LogP contribution in [0.25, 0.3) is 11.0 Å². The van der Waals surface area contributed by atoms with E-state index in [2.05, 4.69) is 21.2 Å². The number of hydrogen-bond donors (Lipinski definition) is 2. The Morgan fingerprint density at radius 2 is 1.75 bits per heavy atom. The number of halogens is 1. The molecule has 0 saturated carbocycles. The summed E-state index contributed by atoms with van der Waals surface area (Å²) in [5, 5.41) is 2.96. The van der Waals surface area contributed by atoms with Gasteiger partial charge in [0.1, 0.15) is 41.1 Å². The molecule has 15 nitrogen and oxygen atoms in total. The first-order chi connectivity index (χ1) is 22.3. The van der Waals surface area contributed by atoms with Gasteiger partial charge in [-0.3, -0.25) is 8.98 Å². The van der Waals surface area contributed by atoms with Gasteiger partial charge in [0, 0.05) is 16.3 Å². The van der Waals surface area contributed by atoms with Crippen LogP contribution in [0.5, 0.6) is 0 Å². The maximum absolute atomic E-state index is 13.0. The zero-order valence-electron chi connectivity index (χ0n) is 27.7. The Morgan fingerprint density at radius 3 is 2.40 bits per heavy atom. The minimum atomic E-state index is -4.66. The number of carbonyl (C=O) groups is 3. The summed E-state index contributed by atoms with van der Waals surface area (Å²) in [4.78, 5) is 50.4. The van der Waals surface area contributed by atoms with Crippen molar-refractivity contribution in [3.8, 4) is 0 Å². The topological polar surface area (TPSA) is 195 Å². The van der Waals surface area contributed by atoms with Gasteiger partial charge in [-0.05, 0) is 58.7 Å². The smallest absolute Gasteiger partial charge is 0.408 e. The Morgan fingerprint density at radius 1 is 1.08 bits per heavy atom. The molecule has 0 spiro atoms. The number of fused-ring (bicyclic) bond motifs is 2. The van der Waals surface area contributed by atoms with Crippen molar-refractivity contribution < 1.29 is 55.1 Å². The Labute approximate surface area is 286 Å². The molecule has 17 heteroatoms. The first-order valence-electron chi connectivity index (χ1n) is 15.4. The molecule has 0 aliphatic carbocycles. The molecule has 2 N–H and O–H groups in total. The van der Waals surface area contributed by atoms with E-state index in [9.17, 15) is 27.6 Å². The SMILES string of the molecule is CCC(C)C(NC(=O)OC(C)(C)C)C(=O)NS(=O)(=O)OCC1OC(CCOC(=O)c2cc3ccc(Br)cc3oc2=O)C2OC(C)(C)OC12. The van der Waals surface area contributed by atoms with Crippen LogP contribution in [-0.4, -0.2) is 81.4 Å².